The van der Waals surface area contributed by atoms with Gasteiger partial charge in [0.15, 0.2) is 0 Å². The van der Waals surface area contributed by atoms with Gasteiger partial charge in [0.05, 0.1) is 5.69 Å². The lowest BCUT2D eigenvalue weighted by molar-refractivity contribution is -0.132. The average Bonchev–Trinajstić information content (AvgIpc) is 2.90. The lowest BCUT2D eigenvalue weighted by atomic mass is 10.1. The Balaban J connectivity index is 2.11. The van der Waals surface area contributed by atoms with Gasteiger partial charge < -0.3 is 10.4 Å². The second-order valence-corrected chi connectivity index (χ2v) is 4.85. The van der Waals surface area contributed by atoms with E-state index in [-0.39, 0.29) is 11.7 Å². The Morgan fingerprint density at radius 1 is 1.50 bits per heavy atom. The maximum atomic E-state index is 11.2. The van der Waals surface area contributed by atoms with Gasteiger partial charge >= 0.3 is 5.97 Å². The Bertz CT molecular complexity index is 682. The van der Waals surface area contributed by atoms with Crippen LogP contribution in [-0.4, -0.2) is 37.1 Å². The van der Waals surface area contributed by atoms with Crippen molar-refractivity contribution in [1.82, 2.24) is 19.7 Å². The molecule has 0 radical (unpaired) electrons. The highest BCUT2D eigenvalue weighted by Gasteiger charge is 2.27. The quantitative estimate of drug-likeness (QED) is 0.824. The number of hydrogen-bond acceptors (Lipinski definition) is 6. The maximum Gasteiger partial charge on any atom is 0.352 e. The van der Waals surface area contributed by atoms with Crippen LogP contribution >= 0.6 is 11.8 Å². The zero-order valence-electron chi connectivity index (χ0n) is 10.5. The summed E-state index contributed by atoms with van der Waals surface area (Å²) in [5, 5.41) is 16.9. The Hall–Kier alpha value is -2.35. The first kappa shape index (κ1) is 12.7. The molecule has 1 atom stereocenters. The van der Waals surface area contributed by atoms with E-state index in [2.05, 4.69) is 20.4 Å². The first-order valence-corrected chi connectivity index (χ1v) is 7.05. The number of carboxylic acids is 1. The van der Waals surface area contributed by atoms with Crippen molar-refractivity contribution in [3.8, 4) is 0 Å². The second-order valence-electron chi connectivity index (χ2n) is 4.08. The van der Waals surface area contributed by atoms with Crippen LogP contribution in [0.5, 0.6) is 0 Å². The van der Waals surface area contributed by atoms with E-state index in [0.717, 1.165) is 0 Å². The van der Waals surface area contributed by atoms with Crippen LogP contribution in [0.15, 0.2) is 41.3 Å². The van der Waals surface area contributed by atoms with E-state index in [1.165, 1.54) is 11.8 Å². The van der Waals surface area contributed by atoms with E-state index in [1.54, 1.807) is 17.0 Å². The summed E-state index contributed by atoms with van der Waals surface area (Å²) in [6.45, 7) is 0. The lowest BCUT2D eigenvalue weighted by Crippen LogP contribution is -2.24. The van der Waals surface area contributed by atoms with Crippen molar-refractivity contribution in [3.05, 3.63) is 41.9 Å². The van der Waals surface area contributed by atoms with Crippen LogP contribution in [0.2, 0.25) is 0 Å². The molecule has 2 N–H and O–H groups in total. The Labute approximate surface area is 118 Å². The van der Waals surface area contributed by atoms with Crippen molar-refractivity contribution in [1.29, 1.82) is 0 Å². The first-order valence-electron chi connectivity index (χ1n) is 5.82. The van der Waals surface area contributed by atoms with Gasteiger partial charge in [0.2, 0.25) is 11.1 Å². The van der Waals surface area contributed by atoms with Gasteiger partial charge in [0.25, 0.3) is 0 Å². The summed E-state index contributed by atoms with van der Waals surface area (Å²) in [5.41, 5.74) is 0.791. The van der Waals surface area contributed by atoms with Gasteiger partial charge in [-0.05, 0) is 24.5 Å². The molecule has 0 unspecified atom stereocenters. The molecule has 0 saturated heterocycles. The van der Waals surface area contributed by atoms with Gasteiger partial charge in [-0.3, -0.25) is 4.98 Å². The standard InChI is InChI=1S/C12H11N5O2S/c1-20-12-15-11-14-8(10(18)19)6-9(17(11)16-12)7-4-2-3-5-13-7/h2-6,9H,1H3,(H,18,19)(H,14,15,16)/t9-/m0/s1. The molecule has 2 aromatic rings. The molecule has 20 heavy (non-hydrogen) atoms. The predicted molar refractivity (Wildman–Crippen MR) is 73.5 cm³/mol. The molecule has 0 bridgehead atoms. The van der Waals surface area contributed by atoms with Crippen molar-refractivity contribution in [2.24, 2.45) is 0 Å². The van der Waals surface area contributed by atoms with Crippen LogP contribution in [0.4, 0.5) is 5.95 Å². The molecule has 3 heterocycles. The van der Waals surface area contributed by atoms with Crippen LogP contribution in [0, 0.1) is 0 Å². The first-order chi connectivity index (χ1) is 9.69. The molecule has 3 rings (SSSR count). The highest BCUT2D eigenvalue weighted by molar-refractivity contribution is 7.98. The van der Waals surface area contributed by atoms with Crippen molar-refractivity contribution in [3.63, 3.8) is 0 Å². The number of anilines is 1. The Kier molecular flexibility index (Phi) is 3.15. The van der Waals surface area contributed by atoms with Crippen LogP contribution in [0.1, 0.15) is 11.7 Å². The number of nitrogens with one attached hydrogen (secondary N) is 1. The number of nitrogens with zero attached hydrogens (tertiary/aromatic N) is 4. The molecular weight excluding hydrogens is 278 g/mol. The molecule has 7 nitrogen and oxygen atoms in total. The fourth-order valence-corrected chi connectivity index (χ4v) is 2.29. The largest absolute Gasteiger partial charge is 0.477 e. The van der Waals surface area contributed by atoms with E-state index in [4.69, 9.17) is 0 Å². The molecule has 2 aromatic heterocycles. The fraction of sp³-hybridized carbons (Fsp3) is 0.167. The molecule has 1 aliphatic heterocycles. The number of aromatic nitrogens is 4. The number of allylic oxidation sites excluding steroid dienone is 1. The molecule has 8 heteroatoms. The van der Waals surface area contributed by atoms with E-state index in [0.29, 0.717) is 16.8 Å². The normalized spacial score (nSPS) is 17.1. The van der Waals surface area contributed by atoms with Crippen molar-refractivity contribution < 1.29 is 9.90 Å². The van der Waals surface area contributed by atoms with Gasteiger partial charge in [0.1, 0.15) is 11.7 Å². The van der Waals surface area contributed by atoms with Gasteiger partial charge in [-0.15, -0.1) is 5.10 Å². The fourth-order valence-electron chi connectivity index (χ4n) is 1.95. The molecule has 0 aliphatic carbocycles. The van der Waals surface area contributed by atoms with E-state index in [1.807, 2.05) is 24.5 Å². The molecule has 0 saturated carbocycles. The number of aliphatic carboxylic acids is 1. The van der Waals surface area contributed by atoms with Crippen LogP contribution in [0.3, 0.4) is 0 Å². The minimum atomic E-state index is -1.04. The third-order valence-corrected chi connectivity index (χ3v) is 3.39. The molecule has 1 aliphatic rings. The summed E-state index contributed by atoms with van der Waals surface area (Å²) in [6, 6.07) is 5.11. The van der Waals surface area contributed by atoms with Crippen molar-refractivity contribution in [2.45, 2.75) is 11.2 Å². The zero-order valence-corrected chi connectivity index (χ0v) is 11.3. The summed E-state index contributed by atoms with van der Waals surface area (Å²) in [7, 11) is 0. The highest BCUT2D eigenvalue weighted by Crippen LogP contribution is 2.29. The minimum Gasteiger partial charge on any atom is -0.477 e. The molecule has 0 fully saturated rings. The van der Waals surface area contributed by atoms with Crippen LogP contribution in [0.25, 0.3) is 0 Å². The van der Waals surface area contributed by atoms with Crippen molar-refractivity contribution in [2.75, 3.05) is 11.6 Å². The smallest absolute Gasteiger partial charge is 0.352 e. The average molecular weight is 289 g/mol. The second kappa shape index (κ2) is 4.97. The van der Waals surface area contributed by atoms with Gasteiger partial charge in [0, 0.05) is 6.20 Å². The van der Waals surface area contributed by atoms with Crippen LogP contribution in [-0.2, 0) is 4.79 Å². The number of fused-ring (bicyclic) bond motifs is 1. The molecule has 0 spiro atoms. The van der Waals surface area contributed by atoms with E-state index >= 15 is 0 Å². The SMILES string of the molecule is CSc1nc2n(n1)[C@H](c1ccccn1)C=C(C(=O)O)N2. The van der Waals surface area contributed by atoms with E-state index < -0.39 is 5.97 Å². The summed E-state index contributed by atoms with van der Waals surface area (Å²) in [6.07, 6.45) is 5.11. The van der Waals surface area contributed by atoms with Gasteiger partial charge in [-0.25, -0.2) is 9.48 Å². The van der Waals surface area contributed by atoms with E-state index in [9.17, 15) is 9.90 Å². The minimum absolute atomic E-state index is 0.0770. The summed E-state index contributed by atoms with van der Waals surface area (Å²) >= 11 is 1.40. The van der Waals surface area contributed by atoms with Crippen LogP contribution < -0.4 is 5.32 Å². The number of thioether (sulfide) groups is 1. The number of carboxylic acid groups (broad SMARTS) is 1. The summed E-state index contributed by atoms with van der Waals surface area (Å²) < 4.78 is 1.64. The topological polar surface area (TPSA) is 92.9 Å². The Morgan fingerprint density at radius 3 is 3.00 bits per heavy atom. The monoisotopic (exact) mass is 289 g/mol. The summed E-state index contributed by atoms with van der Waals surface area (Å²) in [5.74, 6) is -0.629. The lowest BCUT2D eigenvalue weighted by Gasteiger charge is -2.21. The number of carbonyl (C=O) groups is 1. The third-order valence-electron chi connectivity index (χ3n) is 2.85. The zero-order chi connectivity index (χ0) is 14.1. The molecular formula is C12H11N5O2S. The maximum absolute atomic E-state index is 11.2. The molecule has 0 aromatic carbocycles. The predicted octanol–water partition coefficient (Wildman–Crippen LogP) is 1.38. The third kappa shape index (κ3) is 2.14. The molecule has 102 valence electrons. The van der Waals surface area contributed by atoms with Crippen molar-refractivity contribution >= 4 is 23.7 Å². The molecule has 0 amide bonds. The van der Waals surface area contributed by atoms with Gasteiger partial charge in [-0.2, -0.15) is 4.98 Å². The number of rotatable bonds is 3. The number of pyridine rings is 1. The van der Waals surface area contributed by atoms with Gasteiger partial charge in [-0.1, -0.05) is 17.8 Å². The Morgan fingerprint density at radius 2 is 2.35 bits per heavy atom. The highest BCUT2D eigenvalue weighted by atomic mass is 32.2. The number of hydrogen-bond donors (Lipinski definition) is 2. The summed E-state index contributed by atoms with van der Waals surface area (Å²) in [4.78, 5) is 19.7.